The van der Waals surface area contributed by atoms with E-state index in [0.717, 1.165) is 32.1 Å². The molecule has 0 atom stereocenters. The number of rotatable bonds is 8. The van der Waals surface area contributed by atoms with Crippen molar-refractivity contribution < 1.29 is 19.4 Å². The summed E-state index contributed by atoms with van der Waals surface area (Å²) in [5, 5.41) is 11.8. The molecule has 1 fully saturated rings. The van der Waals surface area contributed by atoms with E-state index in [4.69, 9.17) is 9.84 Å². The number of unbranched alkanes of at least 4 members (excludes halogenated alkanes) is 2. The van der Waals surface area contributed by atoms with Crippen LogP contribution in [0.5, 0.6) is 0 Å². The van der Waals surface area contributed by atoms with Crippen molar-refractivity contribution in [1.82, 2.24) is 5.32 Å². The zero-order valence-electron chi connectivity index (χ0n) is 11.7. The second-order valence-corrected chi connectivity index (χ2v) is 5.21. The highest BCUT2D eigenvalue weighted by atomic mass is 16.5. The third-order valence-corrected chi connectivity index (χ3v) is 3.57. The number of carboxylic acid groups (broad SMARTS) is 1. The Bertz CT molecular complexity index is 285. The van der Waals surface area contributed by atoms with Crippen molar-refractivity contribution in [3.05, 3.63) is 0 Å². The average Bonchev–Trinajstić information content (AvgIpc) is 2.39. The summed E-state index contributed by atoms with van der Waals surface area (Å²) in [4.78, 5) is 22.4. The molecule has 0 heterocycles. The van der Waals surface area contributed by atoms with Crippen LogP contribution in [0.25, 0.3) is 0 Å². The van der Waals surface area contributed by atoms with Crippen LogP contribution in [0.2, 0.25) is 0 Å². The van der Waals surface area contributed by atoms with Crippen LogP contribution in [0.3, 0.4) is 0 Å². The SMILES string of the molecule is CCCCCOCC(=O)NC1CCC(C(=O)O)CC1. The first kappa shape index (κ1) is 16.0. The van der Waals surface area contributed by atoms with Gasteiger partial charge in [0.2, 0.25) is 5.91 Å². The fraction of sp³-hybridized carbons (Fsp3) is 0.857. The Balaban J connectivity index is 2.08. The lowest BCUT2D eigenvalue weighted by molar-refractivity contribution is -0.142. The lowest BCUT2D eigenvalue weighted by atomic mass is 9.86. The molecule has 0 aliphatic heterocycles. The number of hydrogen-bond donors (Lipinski definition) is 2. The van der Waals surface area contributed by atoms with Gasteiger partial charge >= 0.3 is 5.97 Å². The normalized spacial score (nSPS) is 23.0. The molecule has 0 radical (unpaired) electrons. The topological polar surface area (TPSA) is 75.6 Å². The van der Waals surface area contributed by atoms with Gasteiger partial charge in [-0.3, -0.25) is 9.59 Å². The molecule has 5 heteroatoms. The van der Waals surface area contributed by atoms with Gasteiger partial charge in [-0.15, -0.1) is 0 Å². The molecule has 0 aromatic heterocycles. The number of hydrogen-bond acceptors (Lipinski definition) is 3. The van der Waals surface area contributed by atoms with E-state index in [1.54, 1.807) is 0 Å². The summed E-state index contributed by atoms with van der Waals surface area (Å²) in [5.74, 6) is -1.04. The van der Waals surface area contributed by atoms with E-state index >= 15 is 0 Å². The maximum atomic E-state index is 11.6. The van der Waals surface area contributed by atoms with Crippen LogP contribution in [-0.4, -0.2) is 36.2 Å². The molecule has 1 aliphatic rings. The predicted molar refractivity (Wildman–Crippen MR) is 71.9 cm³/mol. The predicted octanol–water partition coefficient (Wildman–Crippen LogP) is 1.95. The molecule has 0 spiro atoms. The van der Waals surface area contributed by atoms with Gasteiger partial charge in [-0.2, -0.15) is 0 Å². The second-order valence-electron chi connectivity index (χ2n) is 5.21. The van der Waals surface area contributed by atoms with Gasteiger partial charge < -0.3 is 15.2 Å². The average molecular weight is 271 g/mol. The van der Waals surface area contributed by atoms with Crippen LogP contribution in [0.15, 0.2) is 0 Å². The molecule has 2 N–H and O–H groups in total. The van der Waals surface area contributed by atoms with Crippen molar-refractivity contribution in [3.63, 3.8) is 0 Å². The quantitative estimate of drug-likeness (QED) is 0.662. The smallest absolute Gasteiger partial charge is 0.306 e. The molecule has 19 heavy (non-hydrogen) atoms. The van der Waals surface area contributed by atoms with Gasteiger partial charge in [0.15, 0.2) is 0 Å². The van der Waals surface area contributed by atoms with Crippen molar-refractivity contribution in [2.24, 2.45) is 5.92 Å². The van der Waals surface area contributed by atoms with Gasteiger partial charge in [0, 0.05) is 12.6 Å². The zero-order valence-corrected chi connectivity index (χ0v) is 11.7. The molecule has 0 aromatic rings. The van der Waals surface area contributed by atoms with Crippen molar-refractivity contribution >= 4 is 11.9 Å². The Morgan fingerprint density at radius 2 is 1.89 bits per heavy atom. The van der Waals surface area contributed by atoms with Gasteiger partial charge in [-0.05, 0) is 32.1 Å². The Morgan fingerprint density at radius 3 is 2.47 bits per heavy atom. The maximum Gasteiger partial charge on any atom is 0.306 e. The molecular weight excluding hydrogens is 246 g/mol. The van der Waals surface area contributed by atoms with E-state index in [1.165, 1.54) is 0 Å². The third-order valence-electron chi connectivity index (χ3n) is 3.57. The minimum atomic E-state index is -0.718. The van der Waals surface area contributed by atoms with E-state index in [-0.39, 0.29) is 24.5 Å². The lowest BCUT2D eigenvalue weighted by Crippen LogP contribution is -2.40. The summed E-state index contributed by atoms with van der Waals surface area (Å²) in [6.07, 6.45) is 6.06. The van der Waals surface area contributed by atoms with Crippen LogP contribution >= 0.6 is 0 Å². The number of amides is 1. The van der Waals surface area contributed by atoms with E-state index in [0.29, 0.717) is 19.4 Å². The highest BCUT2D eigenvalue weighted by molar-refractivity contribution is 5.77. The molecule has 1 rings (SSSR count). The van der Waals surface area contributed by atoms with Gasteiger partial charge in [-0.25, -0.2) is 0 Å². The van der Waals surface area contributed by atoms with Gasteiger partial charge in [0.1, 0.15) is 6.61 Å². The molecule has 1 amide bonds. The van der Waals surface area contributed by atoms with E-state index < -0.39 is 5.97 Å². The van der Waals surface area contributed by atoms with Crippen LogP contribution in [-0.2, 0) is 14.3 Å². The lowest BCUT2D eigenvalue weighted by Gasteiger charge is -2.26. The largest absolute Gasteiger partial charge is 0.481 e. The first-order chi connectivity index (χ1) is 9.13. The highest BCUT2D eigenvalue weighted by Gasteiger charge is 2.26. The summed E-state index contributed by atoms with van der Waals surface area (Å²) in [7, 11) is 0. The Labute approximate surface area is 114 Å². The molecule has 0 aromatic carbocycles. The molecule has 0 unspecified atom stereocenters. The van der Waals surface area contributed by atoms with Crippen LogP contribution in [0.1, 0.15) is 51.9 Å². The number of carboxylic acids is 1. The van der Waals surface area contributed by atoms with Crippen molar-refractivity contribution in [1.29, 1.82) is 0 Å². The summed E-state index contributed by atoms with van der Waals surface area (Å²) < 4.78 is 5.29. The molecular formula is C14H25NO4. The zero-order chi connectivity index (χ0) is 14.1. The number of carbonyl (C=O) groups excluding carboxylic acids is 1. The number of aliphatic carboxylic acids is 1. The highest BCUT2D eigenvalue weighted by Crippen LogP contribution is 2.24. The summed E-state index contributed by atoms with van der Waals surface area (Å²) in [6, 6.07) is 0.113. The van der Waals surface area contributed by atoms with E-state index in [9.17, 15) is 9.59 Å². The van der Waals surface area contributed by atoms with Crippen LogP contribution < -0.4 is 5.32 Å². The summed E-state index contributed by atoms with van der Waals surface area (Å²) >= 11 is 0. The third kappa shape index (κ3) is 6.57. The minimum absolute atomic E-state index is 0.0877. The van der Waals surface area contributed by atoms with E-state index in [1.807, 2.05) is 0 Å². The van der Waals surface area contributed by atoms with Crippen molar-refractivity contribution in [2.45, 2.75) is 57.9 Å². The molecule has 0 bridgehead atoms. The first-order valence-electron chi connectivity index (χ1n) is 7.23. The Morgan fingerprint density at radius 1 is 1.21 bits per heavy atom. The number of nitrogens with one attached hydrogen (secondary N) is 1. The monoisotopic (exact) mass is 271 g/mol. The van der Waals surface area contributed by atoms with Gasteiger partial charge in [-0.1, -0.05) is 19.8 Å². The fourth-order valence-corrected chi connectivity index (χ4v) is 2.37. The molecule has 1 aliphatic carbocycles. The summed E-state index contributed by atoms with van der Waals surface area (Å²) in [6.45, 7) is 2.87. The minimum Gasteiger partial charge on any atom is -0.481 e. The first-order valence-corrected chi connectivity index (χ1v) is 7.23. The van der Waals surface area contributed by atoms with E-state index in [2.05, 4.69) is 12.2 Å². The molecule has 1 saturated carbocycles. The molecule has 0 saturated heterocycles. The standard InChI is InChI=1S/C14H25NO4/c1-2-3-4-9-19-10-13(16)15-12-7-5-11(6-8-12)14(17)18/h11-12H,2-10H2,1H3,(H,15,16)(H,17,18). The number of ether oxygens (including phenoxy) is 1. The molecule has 5 nitrogen and oxygen atoms in total. The Hall–Kier alpha value is -1.10. The van der Waals surface area contributed by atoms with Crippen LogP contribution in [0.4, 0.5) is 0 Å². The van der Waals surface area contributed by atoms with Crippen LogP contribution in [0, 0.1) is 5.92 Å². The Kier molecular flexibility index (Phi) is 7.48. The summed E-state index contributed by atoms with van der Waals surface area (Å²) in [5.41, 5.74) is 0. The van der Waals surface area contributed by atoms with Gasteiger partial charge in [0.25, 0.3) is 0 Å². The molecule has 110 valence electrons. The van der Waals surface area contributed by atoms with Crippen molar-refractivity contribution in [2.75, 3.05) is 13.2 Å². The number of carbonyl (C=O) groups is 2. The maximum absolute atomic E-state index is 11.6. The van der Waals surface area contributed by atoms with Crippen molar-refractivity contribution in [3.8, 4) is 0 Å². The second kappa shape index (κ2) is 8.91. The van der Waals surface area contributed by atoms with Gasteiger partial charge in [0.05, 0.1) is 5.92 Å². The fourth-order valence-electron chi connectivity index (χ4n) is 2.37.